The third kappa shape index (κ3) is 2.77. The van der Waals surface area contributed by atoms with Crippen molar-refractivity contribution in [1.82, 2.24) is 14.9 Å². The zero-order valence-electron chi connectivity index (χ0n) is 13.2. The molecular formula is C18H26N4. The summed E-state index contributed by atoms with van der Waals surface area (Å²) in [6, 6.07) is 8.31. The van der Waals surface area contributed by atoms with Gasteiger partial charge in [0, 0.05) is 18.0 Å². The van der Waals surface area contributed by atoms with Gasteiger partial charge < -0.3 is 15.6 Å². The van der Waals surface area contributed by atoms with E-state index in [1.807, 2.05) is 0 Å². The molecule has 0 bridgehead atoms. The van der Waals surface area contributed by atoms with Crippen LogP contribution < -0.4 is 5.73 Å². The Labute approximate surface area is 132 Å². The second kappa shape index (κ2) is 5.67. The lowest BCUT2D eigenvalue weighted by Crippen LogP contribution is -2.50. The molecule has 4 nitrogen and oxygen atoms in total. The molecule has 0 atom stereocenters. The fraction of sp³-hybridized carbons (Fsp3) is 0.611. The number of nitrogens with two attached hydrogens (primary N) is 1. The van der Waals surface area contributed by atoms with Crippen LogP contribution in [0.3, 0.4) is 0 Å². The molecule has 3 N–H and O–H groups in total. The van der Waals surface area contributed by atoms with Crippen LogP contribution in [0.1, 0.15) is 50.3 Å². The number of H-pyrrole nitrogens is 1. The molecule has 1 aromatic heterocycles. The first-order valence-electron chi connectivity index (χ1n) is 8.68. The molecule has 1 aliphatic carbocycles. The second-order valence-corrected chi connectivity index (χ2v) is 7.26. The summed E-state index contributed by atoms with van der Waals surface area (Å²) in [5, 5.41) is 0. The number of nitrogens with zero attached hydrogens (tertiary/aromatic N) is 2. The number of hydrogen-bond donors (Lipinski definition) is 2. The van der Waals surface area contributed by atoms with Crippen molar-refractivity contribution in [2.75, 3.05) is 19.6 Å². The third-order valence-corrected chi connectivity index (χ3v) is 5.52. The maximum absolute atomic E-state index is 6.53. The Kier molecular flexibility index (Phi) is 3.66. The zero-order valence-corrected chi connectivity index (χ0v) is 13.2. The SMILES string of the molecule is NC1(CN2CCC(c3nc4ccccc4[nH]3)CC2)CCCC1. The summed E-state index contributed by atoms with van der Waals surface area (Å²) >= 11 is 0. The first-order chi connectivity index (χ1) is 10.7. The maximum Gasteiger partial charge on any atom is 0.110 e. The first kappa shape index (κ1) is 14.2. The Morgan fingerprint density at radius 3 is 2.64 bits per heavy atom. The number of fused-ring (bicyclic) bond motifs is 1. The van der Waals surface area contributed by atoms with E-state index in [1.165, 1.54) is 44.3 Å². The number of nitrogens with one attached hydrogen (secondary N) is 1. The fourth-order valence-electron chi connectivity index (χ4n) is 4.21. The predicted molar refractivity (Wildman–Crippen MR) is 89.9 cm³/mol. The second-order valence-electron chi connectivity index (χ2n) is 7.26. The van der Waals surface area contributed by atoms with Crippen molar-refractivity contribution in [3.63, 3.8) is 0 Å². The quantitative estimate of drug-likeness (QED) is 0.916. The van der Waals surface area contributed by atoms with Crippen LogP contribution in [0, 0.1) is 0 Å². The predicted octanol–water partition coefficient (Wildman–Crippen LogP) is 3.01. The highest BCUT2D eigenvalue weighted by molar-refractivity contribution is 5.74. The van der Waals surface area contributed by atoms with Crippen LogP contribution in [0.2, 0.25) is 0 Å². The highest BCUT2D eigenvalue weighted by Crippen LogP contribution is 2.31. The van der Waals surface area contributed by atoms with Gasteiger partial charge in [-0.15, -0.1) is 0 Å². The number of piperidine rings is 1. The van der Waals surface area contributed by atoms with Crippen molar-refractivity contribution in [1.29, 1.82) is 0 Å². The van der Waals surface area contributed by atoms with Crippen LogP contribution in [0.15, 0.2) is 24.3 Å². The molecule has 2 aromatic rings. The van der Waals surface area contributed by atoms with Gasteiger partial charge in [0.05, 0.1) is 11.0 Å². The van der Waals surface area contributed by atoms with Crippen molar-refractivity contribution in [3.05, 3.63) is 30.1 Å². The molecule has 4 heteroatoms. The van der Waals surface area contributed by atoms with Crippen molar-refractivity contribution < 1.29 is 0 Å². The summed E-state index contributed by atoms with van der Waals surface area (Å²) in [5.41, 5.74) is 8.86. The molecule has 0 spiro atoms. The highest BCUT2D eigenvalue weighted by atomic mass is 15.2. The van der Waals surface area contributed by atoms with E-state index < -0.39 is 0 Å². The monoisotopic (exact) mass is 298 g/mol. The van der Waals surface area contributed by atoms with Gasteiger partial charge in [0.25, 0.3) is 0 Å². The molecule has 4 rings (SSSR count). The van der Waals surface area contributed by atoms with E-state index in [-0.39, 0.29) is 5.54 Å². The molecule has 2 heterocycles. The number of aromatic nitrogens is 2. The maximum atomic E-state index is 6.53. The van der Waals surface area contributed by atoms with E-state index in [4.69, 9.17) is 10.7 Å². The average molecular weight is 298 g/mol. The molecule has 0 radical (unpaired) electrons. The summed E-state index contributed by atoms with van der Waals surface area (Å²) in [7, 11) is 0. The highest BCUT2D eigenvalue weighted by Gasteiger charge is 2.33. The van der Waals surface area contributed by atoms with E-state index in [1.54, 1.807) is 0 Å². The lowest BCUT2D eigenvalue weighted by molar-refractivity contribution is 0.166. The van der Waals surface area contributed by atoms with Crippen LogP contribution in [0.25, 0.3) is 11.0 Å². The van der Waals surface area contributed by atoms with E-state index in [2.05, 4.69) is 34.1 Å². The number of rotatable bonds is 3. The van der Waals surface area contributed by atoms with Gasteiger partial charge in [0.2, 0.25) is 0 Å². The van der Waals surface area contributed by atoms with Crippen LogP contribution in [0.5, 0.6) is 0 Å². The minimum absolute atomic E-state index is 0.0895. The van der Waals surface area contributed by atoms with Gasteiger partial charge in [-0.3, -0.25) is 0 Å². The zero-order chi connectivity index (χ0) is 15.0. The van der Waals surface area contributed by atoms with Gasteiger partial charge in [-0.25, -0.2) is 4.98 Å². The molecule has 1 aliphatic heterocycles. The Morgan fingerprint density at radius 1 is 1.18 bits per heavy atom. The number of aromatic amines is 1. The van der Waals surface area contributed by atoms with Crippen LogP contribution in [-0.4, -0.2) is 40.0 Å². The van der Waals surface area contributed by atoms with Gasteiger partial charge in [0.15, 0.2) is 0 Å². The van der Waals surface area contributed by atoms with E-state index in [9.17, 15) is 0 Å². The number of hydrogen-bond acceptors (Lipinski definition) is 3. The normalized spacial score (nSPS) is 23.3. The molecule has 2 fully saturated rings. The summed E-state index contributed by atoms with van der Waals surface area (Å²) < 4.78 is 0. The molecule has 1 aromatic carbocycles. The molecule has 0 amide bonds. The van der Waals surface area contributed by atoms with Crippen molar-refractivity contribution in [3.8, 4) is 0 Å². The minimum atomic E-state index is 0.0895. The lowest BCUT2D eigenvalue weighted by atomic mass is 9.93. The molecule has 2 aliphatic rings. The standard InChI is InChI=1S/C18H26N4/c19-18(9-3-4-10-18)13-22-11-7-14(8-12-22)17-20-15-5-1-2-6-16(15)21-17/h1-2,5-6,14H,3-4,7-13,19H2,(H,20,21). The number of para-hydroxylation sites is 2. The van der Waals surface area contributed by atoms with Crippen LogP contribution in [-0.2, 0) is 0 Å². The lowest BCUT2D eigenvalue weighted by Gasteiger charge is -2.36. The fourth-order valence-corrected chi connectivity index (χ4v) is 4.21. The smallest absolute Gasteiger partial charge is 0.110 e. The van der Waals surface area contributed by atoms with Crippen LogP contribution >= 0.6 is 0 Å². The molecule has 1 saturated heterocycles. The number of likely N-dealkylation sites (tertiary alicyclic amines) is 1. The van der Waals surface area contributed by atoms with Crippen molar-refractivity contribution >= 4 is 11.0 Å². The molecule has 22 heavy (non-hydrogen) atoms. The van der Waals surface area contributed by atoms with E-state index in [0.29, 0.717) is 5.92 Å². The van der Waals surface area contributed by atoms with E-state index >= 15 is 0 Å². The van der Waals surface area contributed by atoms with E-state index in [0.717, 1.165) is 30.7 Å². The Balaban J connectivity index is 1.39. The summed E-state index contributed by atoms with van der Waals surface area (Å²) in [6.45, 7) is 3.39. The Bertz CT molecular complexity index is 600. The Morgan fingerprint density at radius 2 is 1.91 bits per heavy atom. The number of imidazole rings is 1. The van der Waals surface area contributed by atoms with Crippen LogP contribution in [0.4, 0.5) is 0 Å². The summed E-state index contributed by atoms with van der Waals surface area (Å²) in [5.74, 6) is 1.74. The summed E-state index contributed by atoms with van der Waals surface area (Å²) in [6.07, 6.45) is 7.41. The van der Waals surface area contributed by atoms with Gasteiger partial charge in [-0.05, 0) is 50.9 Å². The molecule has 0 unspecified atom stereocenters. The van der Waals surface area contributed by atoms with Gasteiger partial charge >= 0.3 is 0 Å². The largest absolute Gasteiger partial charge is 0.342 e. The average Bonchev–Trinajstić information content (AvgIpc) is 3.14. The van der Waals surface area contributed by atoms with Gasteiger partial charge in [-0.1, -0.05) is 25.0 Å². The molecule has 1 saturated carbocycles. The first-order valence-corrected chi connectivity index (χ1v) is 8.68. The molecule has 118 valence electrons. The summed E-state index contributed by atoms with van der Waals surface area (Å²) in [4.78, 5) is 10.9. The minimum Gasteiger partial charge on any atom is -0.342 e. The topological polar surface area (TPSA) is 57.9 Å². The van der Waals surface area contributed by atoms with Gasteiger partial charge in [-0.2, -0.15) is 0 Å². The number of benzene rings is 1. The van der Waals surface area contributed by atoms with Gasteiger partial charge in [0.1, 0.15) is 5.82 Å². The molecular weight excluding hydrogens is 272 g/mol. The Hall–Kier alpha value is -1.39. The van der Waals surface area contributed by atoms with Crippen molar-refractivity contribution in [2.45, 2.75) is 50.0 Å². The third-order valence-electron chi connectivity index (χ3n) is 5.52. The van der Waals surface area contributed by atoms with Crippen molar-refractivity contribution in [2.24, 2.45) is 5.73 Å².